The van der Waals surface area contributed by atoms with Crippen LogP contribution >= 0.6 is 0 Å². The van der Waals surface area contributed by atoms with Crippen LogP contribution in [0.2, 0.25) is 0 Å². The second-order valence-corrected chi connectivity index (χ2v) is 9.58. The summed E-state index contributed by atoms with van der Waals surface area (Å²) in [6, 6.07) is -0.830. The molecule has 1 saturated heterocycles. The van der Waals surface area contributed by atoms with E-state index in [0.717, 1.165) is 12.8 Å². The van der Waals surface area contributed by atoms with Crippen molar-refractivity contribution >= 4 is 5.91 Å². The highest BCUT2D eigenvalue weighted by Crippen LogP contribution is 2.24. The number of carbonyl (C=O) groups excluding carboxylic acids is 1. The number of amides is 1. The van der Waals surface area contributed by atoms with Gasteiger partial charge < -0.3 is 30.1 Å². The van der Waals surface area contributed by atoms with Gasteiger partial charge >= 0.3 is 0 Å². The SMILES string of the molecule is CCCCCCCCCCCCCCCCCO[C@@H]1O[C@H](CCO)[C@@H](O)[C@H](O)[C@H]1NC(C)=O. The third kappa shape index (κ3) is 13.7. The van der Waals surface area contributed by atoms with E-state index >= 15 is 0 Å². The number of rotatable bonds is 20. The average Bonchev–Trinajstić information content (AvgIpc) is 2.79. The highest BCUT2D eigenvalue weighted by molar-refractivity contribution is 5.73. The summed E-state index contributed by atoms with van der Waals surface area (Å²) in [5.41, 5.74) is 0. The number of aliphatic hydroxyl groups is 3. The predicted octanol–water partition coefficient (Wildman–Crippen LogP) is 4.21. The zero-order chi connectivity index (χ0) is 24.3. The summed E-state index contributed by atoms with van der Waals surface area (Å²) in [6.45, 7) is 3.92. The lowest BCUT2D eigenvalue weighted by Crippen LogP contribution is -2.64. The molecule has 0 aromatic rings. The zero-order valence-electron chi connectivity index (χ0n) is 21.2. The van der Waals surface area contributed by atoms with Gasteiger partial charge in [0.1, 0.15) is 18.2 Å². The summed E-state index contributed by atoms with van der Waals surface area (Å²) in [5, 5.41) is 32.4. The molecule has 0 bridgehead atoms. The van der Waals surface area contributed by atoms with Gasteiger partial charge in [0.05, 0.1) is 6.10 Å². The van der Waals surface area contributed by atoms with Crippen LogP contribution in [0.4, 0.5) is 0 Å². The van der Waals surface area contributed by atoms with Crippen LogP contribution in [0.3, 0.4) is 0 Å². The van der Waals surface area contributed by atoms with Crippen LogP contribution in [0.5, 0.6) is 0 Å². The summed E-state index contributed by atoms with van der Waals surface area (Å²) in [7, 11) is 0. The third-order valence-corrected chi connectivity index (χ3v) is 6.51. The molecular formula is C26H51NO6. The van der Waals surface area contributed by atoms with Gasteiger partial charge in [0.25, 0.3) is 0 Å². The molecule has 33 heavy (non-hydrogen) atoms. The Bertz CT molecular complexity index is 478. The van der Waals surface area contributed by atoms with Crippen LogP contribution < -0.4 is 5.32 Å². The predicted molar refractivity (Wildman–Crippen MR) is 131 cm³/mol. The number of nitrogens with one attached hydrogen (secondary N) is 1. The molecule has 1 aliphatic rings. The number of carbonyl (C=O) groups is 1. The Labute approximate surface area is 201 Å². The topological polar surface area (TPSA) is 108 Å². The van der Waals surface area contributed by atoms with Gasteiger partial charge in [0.15, 0.2) is 6.29 Å². The standard InChI is InChI=1S/C26H51NO6/c1-3-4-5-6-7-8-9-10-11-12-13-14-15-16-17-20-32-26-23(27-21(2)29)25(31)24(30)22(33-26)18-19-28/h22-26,28,30-31H,3-20H2,1-2H3,(H,27,29)/t22-,23-,24-,25-,26-/m1/s1. The summed E-state index contributed by atoms with van der Waals surface area (Å²) in [6.07, 6.45) is 15.7. The van der Waals surface area contributed by atoms with Gasteiger partial charge in [-0.1, -0.05) is 96.8 Å². The van der Waals surface area contributed by atoms with E-state index in [-0.39, 0.29) is 18.9 Å². The van der Waals surface area contributed by atoms with Crippen molar-refractivity contribution in [2.24, 2.45) is 0 Å². The van der Waals surface area contributed by atoms with Crippen molar-refractivity contribution in [3.63, 3.8) is 0 Å². The Morgan fingerprint density at radius 2 is 1.30 bits per heavy atom. The Kier molecular flexibility index (Phi) is 18.0. The van der Waals surface area contributed by atoms with E-state index < -0.39 is 30.6 Å². The van der Waals surface area contributed by atoms with Crippen molar-refractivity contribution in [2.75, 3.05) is 13.2 Å². The van der Waals surface area contributed by atoms with E-state index in [0.29, 0.717) is 6.61 Å². The second-order valence-electron chi connectivity index (χ2n) is 9.58. The molecule has 1 amide bonds. The second kappa shape index (κ2) is 19.6. The fourth-order valence-electron chi connectivity index (χ4n) is 4.50. The van der Waals surface area contributed by atoms with E-state index in [1.165, 1.54) is 90.4 Å². The quantitative estimate of drug-likeness (QED) is 0.197. The van der Waals surface area contributed by atoms with Crippen LogP contribution in [0, 0.1) is 0 Å². The molecule has 5 atom stereocenters. The van der Waals surface area contributed by atoms with Gasteiger partial charge in [-0.25, -0.2) is 0 Å². The lowest BCUT2D eigenvalue weighted by Gasteiger charge is -2.42. The molecule has 0 unspecified atom stereocenters. The normalized spacial score (nSPS) is 25.3. The first-order chi connectivity index (χ1) is 16.0. The summed E-state index contributed by atoms with van der Waals surface area (Å²) < 4.78 is 11.6. The van der Waals surface area contributed by atoms with Crippen LogP contribution in [0.15, 0.2) is 0 Å². The van der Waals surface area contributed by atoms with Crippen molar-refractivity contribution in [2.45, 2.75) is 147 Å². The van der Waals surface area contributed by atoms with Gasteiger partial charge in [-0.3, -0.25) is 4.79 Å². The fraction of sp³-hybridized carbons (Fsp3) is 0.962. The zero-order valence-corrected chi connectivity index (χ0v) is 21.2. The molecule has 1 heterocycles. The largest absolute Gasteiger partial charge is 0.396 e. The Balaban J connectivity index is 2.08. The molecule has 1 aliphatic heterocycles. The van der Waals surface area contributed by atoms with Crippen molar-refractivity contribution in [3.8, 4) is 0 Å². The molecule has 0 spiro atoms. The number of ether oxygens (including phenoxy) is 2. The fourth-order valence-corrected chi connectivity index (χ4v) is 4.50. The molecule has 1 fully saturated rings. The lowest BCUT2D eigenvalue weighted by molar-refractivity contribution is -0.266. The van der Waals surface area contributed by atoms with Crippen LogP contribution in [0.25, 0.3) is 0 Å². The maximum atomic E-state index is 11.5. The molecule has 0 aromatic heterocycles. The summed E-state index contributed by atoms with van der Waals surface area (Å²) in [5.74, 6) is -0.323. The first kappa shape index (κ1) is 30.3. The maximum absolute atomic E-state index is 11.5. The lowest BCUT2D eigenvalue weighted by atomic mass is 9.95. The van der Waals surface area contributed by atoms with Crippen molar-refractivity contribution in [1.29, 1.82) is 0 Å². The molecule has 0 aliphatic carbocycles. The van der Waals surface area contributed by atoms with Crippen LogP contribution in [-0.2, 0) is 14.3 Å². The average molecular weight is 474 g/mol. The van der Waals surface area contributed by atoms with E-state index in [1.807, 2.05) is 0 Å². The minimum Gasteiger partial charge on any atom is -0.396 e. The van der Waals surface area contributed by atoms with E-state index in [2.05, 4.69) is 12.2 Å². The highest BCUT2D eigenvalue weighted by Gasteiger charge is 2.45. The number of hydrogen-bond acceptors (Lipinski definition) is 6. The van der Waals surface area contributed by atoms with E-state index in [9.17, 15) is 15.0 Å². The molecule has 1 rings (SSSR count). The maximum Gasteiger partial charge on any atom is 0.217 e. The Morgan fingerprint density at radius 1 is 0.818 bits per heavy atom. The summed E-state index contributed by atoms with van der Waals surface area (Å²) in [4.78, 5) is 11.5. The number of aliphatic hydroxyl groups excluding tert-OH is 3. The smallest absolute Gasteiger partial charge is 0.217 e. The van der Waals surface area contributed by atoms with Gasteiger partial charge in [-0.2, -0.15) is 0 Å². The van der Waals surface area contributed by atoms with Gasteiger partial charge in [0, 0.05) is 20.1 Å². The molecule has 0 saturated carbocycles. The van der Waals surface area contributed by atoms with E-state index in [4.69, 9.17) is 14.6 Å². The molecule has 196 valence electrons. The molecule has 7 nitrogen and oxygen atoms in total. The van der Waals surface area contributed by atoms with Crippen molar-refractivity contribution in [1.82, 2.24) is 5.32 Å². The first-order valence-electron chi connectivity index (χ1n) is 13.5. The monoisotopic (exact) mass is 473 g/mol. The van der Waals surface area contributed by atoms with Crippen molar-refractivity contribution in [3.05, 3.63) is 0 Å². The molecule has 4 N–H and O–H groups in total. The molecule has 0 aromatic carbocycles. The Morgan fingerprint density at radius 3 is 1.76 bits per heavy atom. The highest BCUT2D eigenvalue weighted by atomic mass is 16.7. The Hall–Kier alpha value is -0.730. The number of hydrogen-bond donors (Lipinski definition) is 4. The van der Waals surface area contributed by atoms with Gasteiger partial charge in [0.2, 0.25) is 5.91 Å². The first-order valence-corrected chi connectivity index (χ1v) is 13.5. The van der Waals surface area contributed by atoms with Crippen LogP contribution in [0.1, 0.15) is 117 Å². The molecular weight excluding hydrogens is 422 g/mol. The minimum atomic E-state index is -1.20. The molecule has 0 radical (unpaired) electrons. The minimum absolute atomic E-state index is 0.162. The third-order valence-electron chi connectivity index (χ3n) is 6.51. The molecule has 7 heteroatoms. The van der Waals surface area contributed by atoms with E-state index in [1.54, 1.807) is 0 Å². The van der Waals surface area contributed by atoms with Gasteiger partial charge in [-0.15, -0.1) is 0 Å². The summed E-state index contributed by atoms with van der Waals surface area (Å²) >= 11 is 0. The number of unbranched alkanes of at least 4 members (excludes halogenated alkanes) is 14. The van der Waals surface area contributed by atoms with Crippen molar-refractivity contribution < 1.29 is 29.6 Å². The van der Waals surface area contributed by atoms with Crippen LogP contribution in [-0.4, -0.2) is 65.1 Å². The van der Waals surface area contributed by atoms with Gasteiger partial charge in [-0.05, 0) is 12.8 Å².